The Kier molecular flexibility index (Phi) is 7.05. The van der Waals surface area contributed by atoms with E-state index in [1.54, 1.807) is 0 Å². The molecule has 0 amide bonds. The Morgan fingerprint density at radius 3 is 2.81 bits per heavy atom. The summed E-state index contributed by atoms with van der Waals surface area (Å²) >= 11 is 3.78. The second-order valence-corrected chi connectivity index (χ2v) is 6.99. The molecular formula is C18H29BrN2. The van der Waals surface area contributed by atoms with E-state index in [0.29, 0.717) is 0 Å². The van der Waals surface area contributed by atoms with Gasteiger partial charge in [-0.2, -0.15) is 0 Å². The van der Waals surface area contributed by atoms with Gasteiger partial charge in [-0.1, -0.05) is 32.8 Å². The van der Waals surface area contributed by atoms with E-state index >= 15 is 0 Å². The molecule has 1 fully saturated rings. The van der Waals surface area contributed by atoms with Crippen molar-refractivity contribution in [3.8, 4) is 0 Å². The highest BCUT2D eigenvalue weighted by atomic mass is 79.9. The number of rotatable bonds is 6. The zero-order valence-corrected chi connectivity index (χ0v) is 15.1. The van der Waals surface area contributed by atoms with Crippen LogP contribution in [0, 0.1) is 5.92 Å². The van der Waals surface area contributed by atoms with Crippen molar-refractivity contribution in [1.29, 1.82) is 0 Å². The molecule has 1 saturated heterocycles. The molecule has 2 rings (SSSR count). The van der Waals surface area contributed by atoms with E-state index in [2.05, 4.69) is 58.2 Å². The van der Waals surface area contributed by atoms with Crippen LogP contribution in [0.2, 0.25) is 0 Å². The van der Waals surface area contributed by atoms with E-state index in [1.807, 2.05) is 0 Å². The van der Waals surface area contributed by atoms with Gasteiger partial charge in [0.25, 0.3) is 0 Å². The minimum Gasteiger partial charge on any atom is -0.371 e. The summed E-state index contributed by atoms with van der Waals surface area (Å²) in [5.41, 5.74) is 2.72. The summed E-state index contributed by atoms with van der Waals surface area (Å²) in [7, 11) is 0. The van der Waals surface area contributed by atoms with E-state index in [4.69, 9.17) is 0 Å². The second-order valence-electron chi connectivity index (χ2n) is 6.14. The predicted molar refractivity (Wildman–Crippen MR) is 96.0 cm³/mol. The number of halogens is 1. The van der Waals surface area contributed by atoms with Crippen molar-refractivity contribution in [2.24, 2.45) is 5.92 Å². The first-order valence-electron chi connectivity index (χ1n) is 8.48. The summed E-state index contributed by atoms with van der Waals surface area (Å²) in [6, 6.07) is 6.82. The molecule has 1 unspecified atom stereocenters. The fourth-order valence-electron chi connectivity index (χ4n) is 3.29. The molecule has 1 aliphatic heterocycles. The number of nitrogens with zero attached hydrogens (tertiary/aromatic N) is 1. The molecule has 2 nitrogen and oxygen atoms in total. The zero-order valence-electron chi connectivity index (χ0n) is 13.5. The molecule has 1 aromatic carbocycles. The van der Waals surface area contributed by atoms with E-state index in [9.17, 15) is 0 Å². The fraction of sp³-hybridized carbons (Fsp3) is 0.667. The Morgan fingerprint density at radius 1 is 1.24 bits per heavy atom. The van der Waals surface area contributed by atoms with Gasteiger partial charge >= 0.3 is 0 Å². The van der Waals surface area contributed by atoms with Crippen molar-refractivity contribution in [2.45, 2.75) is 52.5 Å². The number of anilines is 1. The van der Waals surface area contributed by atoms with Crippen LogP contribution in [-0.4, -0.2) is 19.6 Å². The maximum absolute atomic E-state index is 3.78. The Morgan fingerprint density at radius 2 is 2.10 bits per heavy atom. The average molecular weight is 353 g/mol. The lowest BCUT2D eigenvalue weighted by Gasteiger charge is -2.24. The number of hydrogen-bond acceptors (Lipinski definition) is 2. The van der Waals surface area contributed by atoms with Crippen LogP contribution in [0.4, 0.5) is 5.69 Å². The lowest BCUT2D eigenvalue weighted by molar-refractivity contribution is 0.435. The van der Waals surface area contributed by atoms with Gasteiger partial charge in [0.15, 0.2) is 0 Å². The Hall–Kier alpha value is -0.540. The third-order valence-electron chi connectivity index (χ3n) is 4.48. The van der Waals surface area contributed by atoms with Crippen LogP contribution < -0.4 is 10.2 Å². The average Bonchev–Trinajstić information content (AvgIpc) is 2.71. The van der Waals surface area contributed by atoms with Crippen molar-refractivity contribution in [3.05, 3.63) is 28.2 Å². The van der Waals surface area contributed by atoms with Gasteiger partial charge in [0.05, 0.1) is 5.69 Å². The first-order chi connectivity index (χ1) is 10.2. The molecule has 1 N–H and O–H groups in total. The van der Waals surface area contributed by atoms with E-state index in [1.165, 1.54) is 60.9 Å². The van der Waals surface area contributed by atoms with Gasteiger partial charge < -0.3 is 10.2 Å². The quantitative estimate of drug-likeness (QED) is 0.777. The third kappa shape index (κ3) is 5.00. The second kappa shape index (κ2) is 8.79. The summed E-state index contributed by atoms with van der Waals surface area (Å²) in [6.45, 7) is 8.83. The van der Waals surface area contributed by atoms with Crippen LogP contribution in [0.1, 0.15) is 51.5 Å². The Labute approximate surface area is 138 Å². The van der Waals surface area contributed by atoms with Crippen LogP contribution in [0.15, 0.2) is 22.7 Å². The normalized spacial score (nSPS) is 19.6. The van der Waals surface area contributed by atoms with Crippen molar-refractivity contribution in [2.75, 3.05) is 24.5 Å². The topological polar surface area (TPSA) is 15.3 Å². The summed E-state index contributed by atoms with van der Waals surface area (Å²) in [5, 5.41) is 3.39. The molecule has 118 valence electrons. The summed E-state index contributed by atoms with van der Waals surface area (Å²) in [6.07, 6.45) is 6.81. The van der Waals surface area contributed by atoms with Gasteiger partial charge in [0, 0.05) is 24.1 Å². The maximum atomic E-state index is 3.78. The predicted octanol–water partition coefficient (Wildman–Crippen LogP) is 4.97. The molecule has 0 saturated carbocycles. The highest BCUT2D eigenvalue weighted by molar-refractivity contribution is 9.10. The molecule has 1 atom stereocenters. The summed E-state index contributed by atoms with van der Waals surface area (Å²) in [4.78, 5) is 2.57. The van der Waals surface area contributed by atoms with Crippen LogP contribution in [-0.2, 0) is 6.54 Å². The van der Waals surface area contributed by atoms with Crippen LogP contribution in [0.3, 0.4) is 0 Å². The van der Waals surface area contributed by atoms with E-state index in [-0.39, 0.29) is 0 Å². The molecule has 0 aromatic heterocycles. The van der Waals surface area contributed by atoms with Gasteiger partial charge in [-0.25, -0.2) is 0 Å². The smallest absolute Gasteiger partial charge is 0.0510 e. The molecule has 1 heterocycles. The molecule has 0 spiro atoms. The number of benzene rings is 1. The van der Waals surface area contributed by atoms with Gasteiger partial charge in [-0.05, 0) is 65.4 Å². The lowest BCUT2D eigenvalue weighted by Crippen LogP contribution is -2.24. The first-order valence-corrected chi connectivity index (χ1v) is 9.28. The highest BCUT2D eigenvalue weighted by Crippen LogP contribution is 2.31. The van der Waals surface area contributed by atoms with Crippen LogP contribution >= 0.6 is 15.9 Å². The van der Waals surface area contributed by atoms with Gasteiger partial charge in [-0.15, -0.1) is 0 Å². The third-order valence-corrected chi connectivity index (χ3v) is 5.11. The molecular weight excluding hydrogens is 324 g/mol. The molecule has 3 heteroatoms. The molecule has 1 aromatic rings. The van der Waals surface area contributed by atoms with Gasteiger partial charge in [-0.3, -0.25) is 0 Å². The van der Waals surface area contributed by atoms with Crippen LogP contribution in [0.25, 0.3) is 0 Å². The van der Waals surface area contributed by atoms with Crippen LogP contribution in [0.5, 0.6) is 0 Å². The minimum atomic E-state index is 0.937. The molecule has 0 aliphatic carbocycles. The molecule has 21 heavy (non-hydrogen) atoms. The zero-order chi connectivity index (χ0) is 15.1. The number of hydrogen-bond donors (Lipinski definition) is 1. The molecule has 1 aliphatic rings. The lowest BCUT2D eigenvalue weighted by atomic mass is 9.96. The largest absolute Gasteiger partial charge is 0.371 e. The summed E-state index contributed by atoms with van der Waals surface area (Å²) in [5.74, 6) is 0.937. The maximum Gasteiger partial charge on any atom is 0.0510 e. The monoisotopic (exact) mass is 352 g/mol. The van der Waals surface area contributed by atoms with Crippen molar-refractivity contribution in [1.82, 2.24) is 5.32 Å². The van der Waals surface area contributed by atoms with Gasteiger partial charge in [0.2, 0.25) is 0 Å². The van der Waals surface area contributed by atoms with E-state index in [0.717, 1.165) is 19.0 Å². The molecule has 0 radical (unpaired) electrons. The Balaban J connectivity index is 2.00. The molecule has 0 bridgehead atoms. The SMILES string of the molecule is CCCC1CCCN(c2ccc(CNCC)cc2Br)CC1. The fourth-order valence-corrected chi connectivity index (χ4v) is 3.97. The first kappa shape index (κ1) is 16.8. The van der Waals surface area contributed by atoms with Crippen molar-refractivity contribution >= 4 is 21.6 Å². The standard InChI is InChI=1S/C18H29BrN2/c1-3-6-15-7-5-11-21(12-10-15)18-9-8-16(13-17(18)19)14-20-4-2/h8-9,13,15,20H,3-7,10-12,14H2,1-2H3. The van der Waals surface area contributed by atoms with Crippen molar-refractivity contribution < 1.29 is 0 Å². The van der Waals surface area contributed by atoms with E-state index < -0.39 is 0 Å². The highest BCUT2D eigenvalue weighted by Gasteiger charge is 2.18. The minimum absolute atomic E-state index is 0.937. The number of nitrogens with one attached hydrogen (secondary N) is 1. The Bertz CT molecular complexity index is 433. The summed E-state index contributed by atoms with van der Waals surface area (Å²) < 4.78 is 1.24. The van der Waals surface area contributed by atoms with Crippen molar-refractivity contribution in [3.63, 3.8) is 0 Å². The van der Waals surface area contributed by atoms with Gasteiger partial charge in [0.1, 0.15) is 0 Å².